The molecular weight excluding hydrogens is 342 g/mol. The number of hydrogen-bond acceptors (Lipinski definition) is 5. The molecule has 0 bridgehead atoms. The Kier molecular flexibility index (Phi) is 4.67. The molecule has 1 atom stereocenters. The zero-order chi connectivity index (χ0) is 17.9. The van der Waals surface area contributed by atoms with Crippen LogP contribution in [-0.2, 0) is 6.42 Å². The van der Waals surface area contributed by atoms with Crippen LogP contribution in [0, 0.1) is 6.92 Å². The van der Waals surface area contributed by atoms with E-state index < -0.39 is 0 Å². The zero-order valence-electron chi connectivity index (χ0n) is 14.9. The van der Waals surface area contributed by atoms with E-state index >= 15 is 0 Å². The van der Waals surface area contributed by atoms with E-state index in [9.17, 15) is 0 Å². The summed E-state index contributed by atoms with van der Waals surface area (Å²) in [6.07, 6.45) is 3.81. The third kappa shape index (κ3) is 3.32. The van der Waals surface area contributed by atoms with Crippen molar-refractivity contribution in [3.05, 3.63) is 75.9 Å². The van der Waals surface area contributed by atoms with Gasteiger partial charge in [0.25, 0.3) is 5.78 Å². The van der Waals surface area contributed by atoms with Crippen molar-refractivity contribution in [2.75, 3.05) is 5.32 Å². The summed E-state index contributed by atoms with van der Waals surface area (Å²) in [5.41, 5.74) is 3.52. The van der Waals surface area contributed by atoms with Gasteiger partial charge in [0.1, 0.15) is 12.1 Å². The fraction of sp³-hybridized carbons (Fsp3) is 0.250. The first-order chi connectivity index (χ1) is 12.7. The molecule has 0 saturated heterocycles. The molecule has 0 aliphatic rings. The van der Waals surface area contributed by atoms with E-state index in [1.165, 1.54) is 22.3 Å². The highest BCUT2D eigenvalue weighted by Gasteiger charge is 2.17. The molecule has 0 aliphatic heterocycles. The fourth-order valence-electron chi connectivity index (χ4n) is 3.12. The third-order valence-corrected chi connectivity index (χ3v) is 5.29. The standard InChI is InChI=1S/C20H21N5S/c1-3-5-15-7-9-16(10-8-15)19(17-6-4-11-26-17)24-18-12-14(2)23-20-21-13-22-25(18)20/h4,6-13,19,24H,3,5H2,1-2H3. The Hall–Kier alpha value is -2.73. The molecule has 0 spiro atoms. The van der Waals surface area contributed by atoms with E-state index in [1.54, 1.807) is 15.9 Å². The summed E-state index contributed by atoms with van der Waals surface area (Å²) in [7, 11) is 0. The molecule has 0 radical (unpaired) electrons. The van der Waals surface area contributed by atoms with Gasteiger partial charge in [-0.25, -0.2) is 4.98 Å². The number of aryl methyl sites for hydroxylation is 2. The second-order valence-electron chi connectivity index (χ2n) is 6.34. The number of aromatic nitrogens is 4. The van der Waals surface area contributed by atoms with Gasteiger partial charge >= 0.3 is 0 Å². The van der Waals surface area contributed by atoms with Crippen LogP contribution >= 0.6 is 11.3 Å². The molecule has 4 aromatic rings. The molecule has 3 aromatic heterocycles. The number of benzene rings is 1. The highest BCUT2D eigenvalue weighted by Crippen LogP contribution is 2.30. The minimum atomic E-state index is 0.0554. The maximum absolute atomic E-state index is 4.42. The van der Waals surface area contributed by atoms with Gasteiger partial charge in [0.2, 0.25) is 0 Å². The van der Waals surface area contributed by atoms with E-state index in [1.807, 2.05) is 13.0 Å². The van der Waals surface area contributed by atoms with Crippen molar-refractivity contribution in [1.29, 1.82) is 0 Å². The van der Waals surface area contributed by atoms with Crippen LogP contribution in [0.3, 0.4) is 0 Å². The summed E-state index contributed by atoms with van der Waals surface area (Å²) in [5.74, 6) is 1.50. The number of fused-ring (bicyclic) bond motifs is 1. The second kappa shape index (κ2) is 7.25. The van der Waals surface area contributed by atoms with Crippen LogP contribution in [0.15, 0.2) is 54.2 Å². The van der Waals surface area contributed by atoms with Crippen molar-refractivity contribution < 1.29 is 0 Å². The van der Waals surface area contributed by atoms with Crippen LogP contribution in [0.4, 0.5) is 5.82 Å². The lowest BCUT2D eigenvalue weighted by molar-refractivity contribution is 0.874. The van der Waals surface area contributed by atoms with Crippen LogP contribution < -0.4 is 5.32 Å². The first-order valence-corrected chi connectivity index (χ1v) is 9.68. The van der Waals surface area contributed by atoms with Gasteiger partial charge in [0.15, 0.2) is 0 Å². The molecule has 26 heavy (non-hydrogen) atoms. The Morgan fingerprint density at radius 1 is 1.19 bits per heavy atom. The molecular formula is C20H21N5S. The molecule has 1 aromatic carbocycles. The summed E-state index contributed by atoms with van der Waals surface area (Å²) in [6.45, 7) is 4.18. The highest BCUT2D eigenvalue weighted by molar-refractivity contribution is 7.10. The fourth-order valence-corrected chi connectivity index (χ4v) is 3.92. The van der Waals surface area contributed by atoms with Crippen molar-refractivity contribution in [3.63, 3.8) is 0 Å². The van der Waals surface area contributed by atoms with Gasteiger partial charge < -0.3 is 5.32 Å². The van der Waals surface area contributed by atoms with Crippen LogP contribution in [0.2, 0.25) is 0 Å². The molecule has 0 aliphatic carbocycles. The van der Waals surface area contributed by atoms with Gasteiger partial charge in [-0.1, -0.05) is 43.7 Å². The Bertz CT molecular complexity index is 989. The van der Waals surface area contributed by atoms with Crippen LogP contribution in [0.5, 0.6) is 0 Å². The number of thiophene rings is 1. The SMILES string of the molecule is CCCc1ccc(C(Nc2cc(C)nc3ncnn23)c2cccs2)cc1. The first-order valence-electron chi connectivity index (χ1n) is 8.81. The van der Waals surface area contributed by atoms with Gasteiger partial charge in [0.05, 0.1) is 6.04 Å². The minimum absolute atomic E-state index is 0.0554. The summed E-state index contributed by atoms with van der Waals surface area (Å²) in [4.78, 5) is 9.90. The van der Waals surface area contributed by atoms with Gasteiger partial charge in [-0.15, -0.1) is 11.3 Å². The minimum Gasteiger partial charge on any atom is -0.358 e. The summed E-state index contributed by atoms with van der Waals surface area (Å²) in [5, 5.41) is 10.1. The largest absolute Gasteiger partial charge is 0.358 e. The lowest BCUT2D eigenvalue weighted by atomic mass is 10.0. The van der Waals surface area contributed by atoms with Crippen molar-refractivity contribution in [3.8, 4) is 0 Å². The Labute approximate surface area is 156 Å². The van der Waals surface area contributed by atoms with E-state index in [0.29, 0.717) is 5.78 Å². The lowest BCUT2D eigenvalue weighted by Crippen LogP contribution is -2.14. The molecule has 0 saturated carbocycles. The van der Waals surface area contributed by atoms with Gasteiger partial charge in [-0.3, -0.25) is 0 Å². The maximum Gasteiger partial charge on any atom is 0.254 e. The van der Waals surface area contributed by atoms with Gasteiger partial charge in [-0.2, -0.15) is 14.6 Å². The monoisotopic (exact) mass is 363 g/mol. The van der Waals surface area contributed by atoms with Crippen molar-refractivity contribution >= 4 is 22.9 Å². The molecule has 1 unspecified atom stereocenters. The summed E-state index contributed by atoms with van der Waals surface area (Å²) in [6, 6.07) is 15.2. The van der Waals surface area contributed by atoms with Crippen LogP contribution in [0.1, 0.15) is 41.1 Å². The third-order valence-electron chi connectivity index (χ3n) is 4.35. The average molecular weight is 363 g/mol. The number of nitrogens with zero attached hydrogens (tertiary/aromatic N) is 4. The molecule has 132 valence electrons. The van der Waals surface area contributed by atoms with E-state index in [-0.39, 0.29) is 6.04 Å². The maximum atomic E-state index is 4.42. The Morgan fingerprint density at radius 3 is 2.77 bits per heavy atom. The zero-order valence-corrected chi connectivity index (χ0v) is 15.7. The second-order valence-corrected chi connectivity index (χ2v) is 7.32. The molecule has 6 heteroatoms. The quantitative estimate of drug-likeness (QED) is 0.542. The number of hydrogen-bond donors (Lipinski definition) is 1. The molecule has 4 rings (SSSR count). The smallest absolute Gasteiger partial charge is 0.254 e. The Balaban J connectivity index is 1.73. The molecule has 1 N–H and O–H groups in total. The number of rotatable bonds is 6. The summed E-state index contributed by atoms with van der Waals surface area (Å²) < 4.78 is 1.75. The van der Waals surface area contributed by atoms with Crippen molar-refractivity contribution in [2.45, 2.75) is 32.7 Å². The molecule has 0 amide bonds. The van der Waals surface area contributed by atoms with Crippen LogP contribution in [0.25, 0.3) is 5.78 Å². The first kappa shape index (κ1) is 16.7. The molecule has 0 fully saturated rings. The van der Waals surface area contributed by atoms with E-state index in [4.69, 9.17) is 0 Å². The van der Waals surface area contributed by atoms with Crippen molar-refractivity contribution in [1.82, 2.24) is 19.6 Å². The molecule has 3 heterocycles. The average Bonchev–Trinajstić information content (AvgIpc) is 3.32. The van der Waals surface area contributed by atoms with Gasteiger partial charge in [-0.05, 0) is 35.9 Å². The van der Waals surface area contributed by atoms with E-state index in [0.717, 1.165) is 24.4 Å². The van der Waals surface area contributed by atoms with Crippen LogP contribution in [-0.4, -0.2) is 19.6 Å². The number of nitrogens with one attached hydrogen (secondary N) is 1. The normalized spacial score (nSPS) is 12.4. The van der Waals surface area contributed by atoms with E-state index in [2.05, 4.69) is 69.1 Å². The predicted octanol–water partition coefficient (Wildman–Crippen LogP) is 4.65. The lowest BCUT2D eigenvalue weighted by Gasteiger charge is -2.20. The predicted molar refractivity (Wildman–Crippen MR) is 106 cm³/mol. The summed E-state index contributed by atoms with van der Waals surface area (Å²) >= 11 is 1.75. The highest BCUT2D eigenvalue weighted by atomic mass is 32.1. The topological polar surface area (TPSA) is 55.1 Å². The van der Waals surface area contributed by atoms with Gasteiger partial charge in [0, 0.05) is 16.6 Å². The Morgan fingerprint density at radius 2 is 2.04 bits per heavy atom. The number of anilines is 1. The van der Waals surface area contributed by atoms with Crippen molar-refractivity contribution in [2.24, 2.45) is 0 Å². The molecule has 5 nitrogen and oxygen atoms in total.